The second kappa shape index (κ2) is 7.75. The minimum atomic E-state index is -0.133. The first kappa shape index (κ1) is 16.3. The van der Waals surface area contributed by atoms with Crippen LogP contribution in [-0.2, 0) is 4.79 Å². The molecule has 5 heteroatoms. The van der Waals surface area contributed by atoms with Crippen LogP contribution in [0.3, 0.4) is 0 Å². The van der Waals surface area contributed by atoms with E-state index in [-0.39, 0.29) is 23.4 Å². The fraction of sp³-hybridized carbons (Fsp3) is 0.533. The summed E-state index contributed by atoms with van der Waals surface area (Å²) in [6.45, 7) is 7.78. The van der Waals surface area contributed by atoms with Crippen molar-refractivity contribution in [3.05, 3.63) is 23.8 Å². The second-order valence-corrected chi connectivity index (χ2v) is 4.73. The van der Waals surface area contributed by atoms with Gasteiger partial charge in [-0.25, -0.2) is 0 Å². The van der Waals surface area contributed by atoms with Crippen molar-refractivity contribution in [2.75, 3.05) is 19.6 Å². The van der Waals surface area contributed by atoms with Gasteiger partial charge in [0.1, 0.15) is 11.5 Å². The Morgan fingerprint density at radius 3 is 2.55 bits per heavy atom. The van der Waals surface area contributed by atoms with Crippen molar-refractivity contribution in [3.63, 3.8) is 0 Å². The van der Waals surface area contributed by atoms with Gasteiger partial charge in [-0.2, -0.15) is 0 Å². The lowest BCUT2D eigenvalue weighted by Crippen LogP contribution is -2.33. The third kappa shape index (κ3) is 4.42. The zero-order valence-electron chi connectivity index (χ0n) is 12.4. The lowest BCUT2D eigenvalue weighted by Gasteiger charge is -2.20. The fourth-order valence-electron chi connectivity index (χ4n) is 2.13. The maximum atomic E-state index is 11.8. The van der Waals surface area contributed by atoms with E-state index in [1.54, 1.807) is 4.90 Å². The minimum Gasteiger partial charge on any atom is -0.508 e. The van der Waals surface area contributed by atoms with Crippen molar-refractivity contribution >= 4 is 5.91 Å². The maximum Gasteiger partial charge on any atom is 0.223 e. The van der Waals surface area contributed by atoms with Crippen LogP contribution in [0.25, 0.3) is 0 Å². The highest BCUT2D eigenvalue weighted by Gasteiger charge is 2.13. The van der Waals surface area contributed by atoms with E-state index in [4.69, 9.17) is 0 Å². The standard InChI is InChI=1S/C15H24N2O3/c1-4-17(5-2)15(20)8-9-16-11(3)13-10-12(18)6-7-14(13)19/h6-7,10-11,16,18-19H,4-5,8-9H2,1-3H3. The summed E-state index contributed by atoms with van der Waals surface area (Å²) < 4.78 is 0. The summed E-state index contributed by atoms with van der Waals surface area (Å²) in [4.78, 5) is 13.6. The van der Waals surface area contributed by atoms with Crippen molar-refractivity contribution < 1.29 is 15.0 Å². The molecule has 20 heavy (non-hydrogen) atoms. The predicted molar refractivity (Wildman–Crippen MR) is 78.7 cm³/mol. The van der Waals surface area contributed by atoms with E-state index >= 15 is 0 Å². The third-order valence-electron chi connectivity index (χ3n) is 3.38. The molecule has 1 aromatic rings. The lowest BCUT2D eigenvalue weighted by molar-refractivity contribution is -0.130. The molecule has 0 saturated heterocycles. The van der Waals surface area contributed by atoms with Gasteiger partial charge in [0.05, 0.1) is 0 Å². The quantitative estimate of drug-likeness (QED) is 0.668. The number of aromatic hydroxyl groups is 2. The number of benzene rings is 1. The van der Waals surface area contributed by atoms with Gasteiger partial charge in [-0.15, -0.1) is 0 Å². The topological polar surface area (TPSA) is 72.8 Å². The van der Waals surface area contributed by atoms with Crippen LogP contribution in [0.4, 0.5) is 0 Å². The summed E-state index contributed by atoms with van der Waals surface area (Å²) in [5.41, 5.74) is 0.625. The predicted octanol–water partition coefficient (Wildman–Crippen LogP) is 2.01. The highest BCUT2D eigenvalue weighted by atomic mass is 16.3. The van der Waals surface area contributed by atoms with Crippen molar-refractivity contribution in [2.24, 2.45) is 0 Å². The molecule has 1 rings (SSSR count). The lowest BCUT2D eigenvalue weighted by atomic mass is 10.1. The third-order valence-corrected chi connectivity index (χ3v) is 3.38. The van der Waals surface area contributed by atoms with Gasteiger partial charge in [0.15, 0.2) is 0 Å². The van der Waals surface area contributed by atoms with Crippen molar-refractivity contribution in [3.8, 4) is 11.5 Å². The van der Waals surface area contributed by atoms with E-state index in [0.717, 1.165) is 13.1 Å². The van der Waals surface area contributed by atoms with Crippen LogP contribution in [0.5, 0.6) is 11.5 Å². The van der Waals surface area contributed by atoms with E-state index in [2.05, 4.69) is 5.32 Å². The van der Waals surface area contributed by atoms with Crippen LogP contribution in [0.15, 0.2) is 18.2 Å². The molecule has 0 saturated carbocycles. The van der Waals surface area contributed by atoms with Gasteiger partial charge in [0.2, 0.25) is 5.91 Å². The molecule has 0 bridgehead atoms. The zero-order valence-corrected chi connectivity index (χ0v) is 12.4. The zero-order chi connectivity index (χ0) is 15.1. The molecule has 0 aliphatic carbocycles. The molecule has 0 aromatic heterocycles. The summed E-state index contributed by atoms with van der Waals surface area (Å²) in [5.74, 6) is 0.373. The molecule has 0 aliphatic rings. The Balaban J connectivity index is 2.49. The number of rotatable bonds is 7. The van der Waals surface area contributed by atoms with Gasteiger partial charge in [0, 0.05) is 37.7 Å². The first-order valence-electron chi connectivity index (χ1n) is 7.02. The number of carbonyl (C=O) groups excluding carboxylic acids is 1. The summed E-state index contributed by atoms with van der Waals surface area (Å²) in [5, 5.41) is 22.4. The molecule has 1 aromatic carbocycles. The monoisotopic (exact) mass is 280 g/mol. The van der Waals surface area contributed by atoms with E-state index in [1.165, 1.54) is 18.2 Å². The van der Waals surface area contributed by atoms with Crippen molar-refractivity contribution in [1.29, 1.82) is 0 Å². The van der Waals surface area contributed by atoms with Gasteiger partial charge in [-0.1, -0.05) is 0 Å². The fourth-order valence-corrected chi connectivity index (χ4v) is 2.13. The Labute approximate surface area is 120 Å². The molecule has 1 atom stereocenters. The van der Waals surface area contributed by atoms with Crippen LogP contribution >= 0.6 is 0 Å². The highest BCUT2D eigenvalue weighted by Crippen LogP contribution is 2.27. The Bertz CT molecular complexity index is 445. The molecule has 0 radical (unpaired) electrons. The minimum absolute atomic E-state index is 0.116. The number of phenolic OH excluding ortho intramolecular Hbond substituents is 2. The number of amides is 1. The Morgan fingerprint density at radius 2 is 1.95 bits per heavy atom. The molecule has 5 nitrogen and oxygen atoms in total. The molecular weight excluding hydrogens is 256 g/mol. The van der Waals surface area contributed by atoms with E-state index in [9.17, 15) is 15.0 Å². The van der Waals surface area contributed by atoms with E-state index < -0.39 is 0 Å². The first-order valence-corrected chi connectivity index (χ1v) is 7.02. The number of hydrogen-bond donors (Lipinski definition) is 3. The van der Waals surface area contributed by atoms with Crippen LogP contribution in [0, 0.1) is 0 Å². The SMILES string of the molecule is CCN(CC)C(=O)CCNC(C)c1cc(O)ccc1O. The summed E-state index contributed by atoms with van der Waals surface area (Å²) in [6, 6.07) is 4.30. The van der Waals surface area contributed by atoms with Crippen molar-refractivity contribution in [2.45, 2.75) is 33.2 Å². The Kier molecular flexibility index (Phi) is 6.31. The summed E-state index contributed by atoms with van der Waals surface area (Å²) >= 11 is 0. The summed E-state index contributed by atoms with van der Waals surface area (Å²) in [7, 11) is 0. The maximum absolute atomic E-state index is 11.8. The van der Waals surface area contributed by atoms with Crippen LogP contribution in [0.2, 0.25) is 0 Å². The molecular formula is C15H24N2O3. The van der Waals surface area contributed by atoms with Gasteiger partial charge in [0.25, 0.3) is 0 Å². The average molecular weight is 280 g/mol. The van der Waals surface area contributed by atoms with Crippen LogP contribution in [-0.4, -0.2) is 40.7 Å². The Hall–Kier alpha value is -1.75. The second-order valence-electron chi connectivity index (χ2n) is 4.73. The molecule has 3 N–H and O–H groups in total. The van der Waals surface area contributed by atoms with Gasteiger partial charge < -0.3 is 20.4 Å². The largest absolute Gasteiger partial charge is 0.508 e. The molecule has 1 amide bonds. The molecule has 0 aliphatic heterocycles. The average Bonchev–Trinajstić information content (AvgIpc) is 2.42. The molecule has 0 spiro atoms. The molecule has 0 fully saturated rings. The smallest absolute Gasteiger partial charge is 0.223 e. The van der Waals surface area contributed by atoms with Crippen LogP contribution in [0.1, 0.15) is 38.8 Å². The highest BCUT2D eigenvalue weighted by molar-refractivity contribution is 5.76. The van der Waals surface area contributed by atoms with Gasteiger partial charge >= 0.3 is 0 Å². The van der Waals surface area contributed by atoms with Crippen molar-refractivity contribution in [1.82, 2.24) is 10.2 Å². The van der Waals surface area contributed by atoms with Crippen LogP contribution < -0.4 is 5.32 Å². The summed E-state index contributed by atoms with van der Waals surface area (Å²) in [6.07, 6.45) is 0.422. The van der Waals surface area contributed by atoms with Gasteiger partial charge in [-0.05, 0) is 39.0 Å². The molecule has 112 valence electrons. The number of phenols is 2. The Morgan fingerprint density at radius 1 is 1.30 bits per heavy atom. The normalized spacial score (nSPS) is 12.2. The van der Waals surface area contributed by atoms with Gasteiger partial charge in [-0.3, -0.25) is 4.79 Å². The first-order chi connectivity index (χ1) is 9.49. The van der Waals surface area contributed by atoms with E-state index in [1.807, 2.05) is 20.8 Å². The number of nitrogens with one attached hydrogen (secondary N) is 1. The molecule has 1 unspecified atom stereocenters. The van der Waals surface area contributed by atoms with E-state index in [0.29, 0.717) is 18.5 Å². The number of carbonyl (C=O) groups is 1. The number of nitrogens with zero attached hydrogens (tertiary/aromatic N) is 1. The number of hydrogen-bond acceptors (Lipinski definition) is 4. The molecule has 0 heterocycles.